The first-order valence-electron chi connectivity index (χ1n) is 9.40. The number of nitrogens with zero attached hydrogens (tertiary/aromatic N) is 4. The quantitative estimate of drug-likeness (QED) is 0.552. The molecule has 0 spiro atoms. The van der Waals surface area contributed by atoms with E-state index in [-0.39, 0.29) is 5.91 Å². The smallest absolute Gasteiger partial charge is 0.267 e. The van der Waals surface area contributed by atoms with Gasteiger partial charge in [0.1, 0.15) is 22.7 Å². The molecule has 0 aliphatic carbocycles. The Balaban J connectivity index is 1.51. The van der Waals surface area contributed by atoms with Crippen LogP contribution in [0.1, 0.15) is 32.1 Å². The number of anilines is 2. The second kappa shape index (κ2) is 6.97. The summed E-state index contributed by atoms with van der Waals surface area (Å²) in [6, 6.07) is 10.2. The summed E-state index contributed by atoms with van der Waals surface area (Å²) in [5.74, 6) is 1.72. The Bertz CT molecular complexity index is 1230. The van der Waals surface area contributed by atoms with Crippen LogP contribution in [0.3, 0.4) is 0 Å². The maximum absolute atomic E-state index is 12.8. The third kappa shape index (κ3) is 3.15. The van der Waals surface area contributed by atoms with E-state index in [1.807, 2.05) is 6.92 Å². The predicted octanol–water partition coefficient (Wildman–Crippen LogP) is 4.11. The summed E-state index contributed by atoms with van der Waals surface area (Å²) in [4.78, 5) is 25.5. The summed E-state index contributed by atoms with van der Waals surface area (Å²) in [6.07, 6.45) is 2.56. The van der Waals surface area contributed by atoms with Gasteiger partial charge >= 0.3 is 0 Å². The average Bonchev–Trinajstić information content (AvgIpc) is 3.30. The first-order chi connectivity index (χ1) is 14.1. The molecule has 7 nitrogen and oxygen atoms in total. The Kier molecular flexibility index (Phi) is 4.28. The number of amides is 1. The van der Waals surface area contributed by atoms with Gasteiger partial charge in [0.05, 0.1) is 10.3 Å². The fourth-order valence-electron chi connectivity index (χ4n) is 3.78. The molecule has 1 aliphatic heterocycles. The first-order valence-corrected chi connectivity index (χ1v) is 10.2. The van der Waals surface area contributed by atoms with Crippen LogP contribution in [0, 0.1) is 13.8 Å². The number of hydrogen-bond donors (Lipinski definition) is 1. The van der Waals surface area contributed by atoms with Crippen molar-refractivity contribution >= 4 is 39.1 Å². The number of nitrogens with one attached hydrogen (secondary N) is 1. The molecule has 4 aromatic rings. The van der Waals surface area contributed by atoms with Crippen LogP contribution in [-0.4, -0.2) is 27.6 Å². The van der Waals surface area contributed by atoms with Crippen LogP contribution in [0.2, 0.25) is 0 Å². The van der Waals surface area contributed by atoms with Crippen molar-refractivity contribution in [1.29, 1.82) is 0 Å². The van der Waals surface area contributed by atoms with Crippen molar-refractivity contribution in [3.63, 3.8) is 0 Å². The number of benzene rings is 1. The summed E-state index contributed by atoms with van der Waals surface area (Å²) >= 11 is 1.37. The summed E-state index contributed by atoms with van der Waals surface area (Å²) < 4.78 is 5.03. The number of hydrogen-bond acceptors (Lipinski definition) is 7. The molecule has 0 unspecified atom stereocenters. The normalized spacial score (nSPS) is 13.5. The van der Waals surface area contributed by atoms with Crippen molar-refractivity contribution < 1.29 is 9.32 Å². The molecule has 5 rings (SSSR count). The van der Waals surface area contributed by atoms with Crippen molar-refractivity contribution in [2.45, 2.75) is 26.8 Å². The van der Waals surface area contributed by atoms with Crippen molar-refractivity contribution in [3.8, 4) is 0 Å². The Labute approximate surface area is 171 Å². The summed E-state index contributed by atoms with van der Waals surface area (Å²) in [7, 11) is 0. The zero-order chi connectivity index (χ0) is 20.0. The maximum Gasteiger partial charge on any atom is 0.267 e. The van der Waals surface area contributed by atoms with Gasteiger partial charge in [0.15, 0.2) is 5.82 Å². The third-order valence-electron chi connectivity index (χ3n) is 5.21. The van der Waals surface area contributed by atoms with Crippen LogP contribution in [-0.2, 0) is 13.0 Å². The van der Waals surface area contributed by atoms with Crippen LogP contribution in [0.4, 0.5) is 11.6 Å². The van der Waals surface area contributed by atoms with Gasteiger partial charge in [0, 0.05) is 19.2 Å². The highest BCUT2D eigenvalue weighted by Gasteiger charge is 2.24. The third-order valence-corrected chi connectivity index (χ3v) is 6.41. The van der Waals surface area contributed by atoms with Crippen molar-refractivity contribution in [2.24, 2.45) is 0 Å². The number of fused-ring (bicyclic) bond motifs is 2. The minimum atomic E-state index is -0.214. The van der Waals surface area contributed by atoms with Crippen LogP contribution >= 0.6 is 11.3 Å². The van der Waals surface area contributed by atoms with Gasteiger partial charge in [-0.25, -0.2) is 9.97 Å². The van der Waals surface area contributed by atoms with Gasteiger partial charge < -0.3 is 14.7 Å². The van der Waals surface area contributed by atoms with Crippen LogP contribution < -0.4 is 10.2 Å². The van der Waals surface area contributed by atoms with Crippen molar-refractivity contribution in [2.75, 3.05) is 16.8 Å². The molecule has 1 amide bonds. The minimum Gasteiger partial charge on any atom is -0.360 e. The molecule has 146 valence electrons. The number of aromatic nitrogens is 3. The van der Waals surface area contributed by atoms with Gasteiger partial charge in [0.2, 0.25) is 0 Å². The highest BCUT2D eigenvalue weighted by Crippen LogP contribution is 2.36. The highest BCUT2D eigenvalue weighted by atomic mass is 32.1. The molecular weight excluding hydrogens is 386 g/mol. The lowest BCUT2D eigenvalue weighted by Crippen LogP contribution is -2.31. The van der Waals surface area contributed by atoms with Gasteiger partial charge in [-0.2, -0.15) is 0 Å². The number of carbonyl (C=O) groups is 1. The van der Waals surface area contributed by atoms with Crippen LogP contribution in [0.15, 0.2) is 41.2 Å². The predicted molar refractivity (Wildman–Crippen MR) is 113 cm³/mol. The van der Waals surface area contributed by atoms with E-state index in [0.29, 0.717) is 16.5 Å². The average molecular weight is 405 g/mol. The summed E-state index contributed by atoms with van der Waals surface area (Å²) in [6.45, 7) is 5.42. The maximum atomic E-state index is 12.8. The second-order valence-electron chi connectivity index (χ2n) is 7.15. The lowest BCUT2D eigenvalue weighted by atomic mass is 9.99. The van der Waals surface area contributed by atoms with Gasteiger partial charge in [-0.15, -0.1) is 11.3 Å². The summed E-state index contributed by atoms with van der Waals surface area (Å²) in [5, 5.41) is 7.58. The fourth-order valence-corrected chi connectivity index (χ4v) is 4.82. The van der Waals surface area contributed by atoms with Crippen molar-refractivity contribution in [1.82, 2.24) is 15.1 Å². The zero-order valence-corrected chi connectivity index (χ0v) is 16.9. The monoisotopic (exact) mass is 405 g/mol. The Morgan fingerprint density at radius 2 is 2.03 bits per heavy atom. The van der Waals surface area contributed by atoms with E-state index in [0.717, 1.165) is 41.1 Å². The highest BCUT2D eigenvalue weighted by molar-refractivity contribution is 7.20. The number of carbonyl (C=O) groups excluding carboxylic acids is 1. The SMILES string of the molecule is Cc1cc(NC(=O)c2sc3ncnc(N4CCc5ccccc5C4)c3c2C)no1. The minimum absolute atomic E-state index is 0.214. The van der Waals surface area contributed by atoms with E-state index in [2.05, 4.69) is 49.6 Å². The van der Waals surface area contributed by atoms with E-state index in [4.69, 9.17) is 4.52 Å². The second-order valence-corrected chi connectivity index (χ2v) is 8.15. The largest absolute Gasteiger partial charge is 0.360 e. The molecule has 1 N–H and O–H groups in total. The Hall–Kier alpha value is -3.26. The molecule has 1 aliphatic rings. The molecule has 0 fully saturated rings. The fraction of sp³-hybridized carbons (Fsp3) is 0.238. The molecule has 29 heavy (non-hydrogen) atoms. The van der Waals surface area contributed by atoms with E-state index < -0.39 is 0 Å². The van der Waals surface area contributed by atoms with Gasteiger partial charge in [0.25, 0.3) is 5.91 Å². The molecule has 0 saturated carbocycles. The van der Waals surface area contributed by atoms with Gasteiger partial charge in [-0.05, 0) is 37.0 Å². The van der Waals surface area contributed by atoms with Gasteiger partial charge in [-0.1, -0.05) is 29.4 Å². The first kappa shape index (κ1) is 17.8. The molecular formula is C21H19N5O2S. The number of rotatable bonds is 3. The van der Waals surface area contributed by atoms with Crippen LogP contribution in [0.5, 0.6) is 0 Å². The van der Waals surface area contributed by atoms with Gasteiger partial charge in [-0.3, -0.25) is 4.79 Å². The number of thiophene rings is 1. The molecule has 8 heteroatoms. The standard InChI is InChI=1S/C21H19N5O2S/c1-12-9-16(25-28-12)24-20(27)18-13(2)17-19(22-11-23-21(17)29-18)26-8-7-14-5-3-4-6-15(14)10-26/h3-6,9,11H,7-8,10H2,1-2H3,(H,24,25,27). The lowest BCUT2D eigenvalue weighted by Gasteiger charge is -2.30. The van der Waals surface area contributed by atoms with E-state index >= 15 is 0 Å². The van der Waals surface area contributed by atoms with E-state index in [1.165, 1.54) is 22.5 Å². The zero-order valence-electron chi connectivity index (χ0n) is 16.1. The number of aryl methyl sites for hydroxylation is 2. The molecule has 0 atom stereocenters. The van der Waals surface area contributed by atoms with Crippen LogP contribution in [0.25, 0.3) is 10.2 Å². The van der Waals surface area contributed by atoms with E-state index in [9.17, 15) is 4.79 Å². The van der Waals surface area contributed by atoms with Crippen molar-refractivity contribution in [3.05, 3.63) is 64.0 Å². The molecule has 1 aromatic carbocycles. The Morgan fingerprint density at radius 3 is 2.83 bits per heavy atom. The molecule has 0 radical (unpaired) electrons. The topological polar surface area (TPSA) is 84.2 Å². The molecule has 0 saturated heterocycles. The molecule has 4 heterocycles. The molecule has 3 aromatic heterocycles. The summed E-state index contributed by atoms with van der Waals surface area (Å²) in [5.41, 5.74) is 3.59. The lowest BCUT2D eigenvalue weighted by molar-refractivity contribution is 0.102. The molecule has 0 bridgehead atoms. The Morgan fingerprint density at radius 1 is 1.21 bits per heavy atom. The van der Waals surface area contributed by atoms with E-state index in [1.54, 1.807) is 19.3 Å².